The van der Waals surface area contributed by atoms with Gasteiger partial charge in [-0.05, 0) is 33.3 Å². The molecule has 0 aliphatic carbocycles. The van der Waals surface area contributed by atoms with Gasteiger partial charge in [-0.1, -0.05) is 0 Å². The van der Waals surface area contributed by atoms with Gasteiger partial charge in [0.1, 0.15) is 11.6 Å². The predicted octanol–water partition coefficient (Wildman–Crippen LogP) is 4.09. The third-order valence-electron chi connectivity index (χ3n) is 4.67. The van der Waals surface area contributed by atoms with Crippen molar-refractivity contribution >= 4 is 45.6 Å². The van der Waals surface area contributed by atoms with Crippen LogP contribution >= 0.6 is 22.7 Å². The molecule has 9 heteroatoms. The number of amides is 1. The molecule has 0 radical (unpaired) electrons. The smallest absolute Gasteiger partial charge is 0.246 e. The number of carbonyl (C=O) groups excluding carboxylic acids is 1. The van der Waals surface area contributed by atoms with E-state index in [9.17, 15) is 4.79 Å². The summed E-state index contributed by atoms with van der Waals surface area (Å²) < 4.78 is 0. The van der Waals surface area contributed by atoms with Gasteiger partial charge < -0.3 is 10.2 Å². The second-order valence-electron chi connectivity index (χ2n) is 7.02. The molecule has 1 atom stereocenters. The van der Waals surface area contributed by atoms with Gasteiger partial charge in [-0.25, -0.2) is 19.9 Å². The predicted molar refractivity (Wildman–Crippen MR) is 117 cm³/mol. The number of nitrogens with one attached hydrogen (secondary N) is 1. The maximum absolute atomic E-state index is 12.5. The molecule has 0 bridgehead atoms. The van der Waals surface area contributed by atoms with Gasteiger partial charge in [0.05, 0.1) is 16.4 Å². The summed E-state index contributed by atoms with van der Waals surface area (Å²) in [6, 6.07) is 1.97. The highest BCUT2D eigenvalue weighted by Gasteiger charge is 2.27. The van der Waals surface area contributed by atoms with Crippen LogP contribution in [0.15, 0.2) is 23.7 Å². The number of carbonyl (C=O) groups is 1. The Balaban J connectivity index is 1.43. The Kier molecular flexibility index (Phi) is 5.68. The summed E-state index contributed by atoms with van der Waals surface area (Å²) in [5.74, 6) is 1.67. The van der Waals surface area contributed by atoms with Crippen LogP contribution in [0.1, 0.15) is 39.4 Å². The van der Waals surface area contributed by atoms with Crippen molar-refractivity contribution in [1.82, 2.24) is 24.8 Å². The third-order valence-corrected chi connectivity index (χ3v) is 6.29. The molecule has 4 heterocycles. The molecule has 3 aromatic heterocycles. The van der Waals surface area contributed by atoms with E-state index in [-0.39, 0.29) is 11.8 Å². The lowest BCUT2D eigenvalue weighted by Crippen LogP contribution is -2.26. The molecule has 3 aromatic rings. The molecule has 4 rings (SSSR count). The molecule has 1 aliphatic heterocycles. The number of hydrogen-bond acceptors (Lipinski definition) is 8. The van der Waals surface area contributed by atoms with Gasteiger partial charge in [-0.2, -0.15) is 0 Å². The summed E-state index contributed by atoms with van der Waals surface area (Å²) in [4.78, 5) is 33.3. The van der Waals surface area contributed by atoms with Crippen LogP contribution in [0.5, 0.6) is 0 Å². The maximum Gasteiger partial charge on any atom is 0.246 e. The number of hydrogen-bond donors (Lipinski definition) is 1. The standard InChI is InChI=1S/C20H22N6OS2/c1-12-9-21-20(29-12)25-18-8-17(22-13(2)23-18)15-6-7-26(10-15)19(27)5-4-16-11-28-14(3)24-16/h4-5,8-9,11,15H,6-7,10H2,1-3H3,(H,21,22,23,25)/b5-4+/t15-/m1/s1. The SMILES string of the molecule is Cc1nc(Nc2ncc(C)s2)cc([C@@H]2CCN(C(=O)/C=C/c3csc(C)n3)C2)n1. The minimum Gasteiger partial charge on any atom is -0.338 e. The molecule has 1 amide bonds. The first kappa shape index (κ1) is 19.7. The fraction of sp³-hybridized carbons (Fsp3) is 0.350. The van der Waals surface area contributed by atoms with Crippen molar-refractivity contribution < 1.29 is 4.79 Å². The van der Waals surface area contributed by atoms with E-state index in [0.29, 0.717) is 12.4 Å². The summed E-state index contributed by atoms with van der Waals surface area (Å²) >= 11 is 3.17. The largest absolute Gasteiger partial charge is 0.338 e. The molecule has 1 N–H and O–H groups in total. The van der Waals surface area contributed by atoms with Gasteiger partial charge >= 0.3 is 0 Å². The zero-order valence-corrected chi connectivity index (χ0v) is 18.2. The Morgan fingerprint density at radius 3 is 2.86 bits per heavy atom. The van der Waals surface area contributed by atoms with Gasteiger partial charge in [0.15, 0.2) is 5.13 Å². The summed E-state index contributed by atoms with van der Waals surface area (Å²) in [6.07, 6.45) is 6.12. The first-order valence-corrected chi connectivity index (χ1v) is 11.1. The summed E-state index contributed by atoms with van der Waals surface area (Å²) in [5.41, 5.74) is 1.79. The van der Waals surface area contributed by atoms with Crippen LogP contribution < -0.4 is 5.32 Å². The number of aryl methyl sites for hydroxylation is 3. The lowest BCUT2D eigenvalue weighted by atomic mass is 10.0. The van der Waals surface area contributed by atoms with E-state index in [1.807, 2.05) is 43.3 Å². The van der Waals surface area contributed by atoms with Gasteiger partial charge in [0.25, 0.3) is 0 Å². The van der Waals surface area contributed by atoms with Gasteiger partial charge in [0.2, 0.25) is 5.91 Å². The van der Waals surface area contributed by atoms with E-state index in [2.05, 4.69) is 25.3 Å². The first-order chi connectivity index (χ1) is 14.0. The van der Waals surface area contributed by atoms with Crippen molar-refractivity contribution in [3.63, 3.8) is 0 Å². The van der Waals surface area contributed by atoms with Crippen molar-refractivity contribution in [2.45, 2.75) is 33.1 Å². The first-order valence-electron chi connectivity index (χ1n) is 9.40. The zero-order valence-electron chi connectivity index (χ0n) is 16.5. The van der Waals surface area contributed by atoms with Crippen LogP contribution in [0, 0.1) is 20.8 Å². The number of thiazole rings is 2. The minimum atomic E-state index is 0.0144. The molecular formula is C20H22N6OS2. The van der Waals surface area contributed by atoms with Crippen molar-refractivity contribution in [3.8, 4) is 0 Å². The Labute approximate surface area is 177 Å². The van der Waals surface area contributed by atoms with Gasteiger partial charge in [-0.15, -0.1) is 22.7 Å². The van der Waals surface area contributed by atoms with Crippen molar-refractivity contribution in [2.75, 3.05) is 18.4 Å². The van der Waals surface area contributed by atoms with E-state index in [1.165, 1.54) is 0 Å². The molecule has 0 spiro atoms. The average molecular weight is 427 g/mol. The van der Waals surface area contributed by atoms with E-state index >= 15 is 0 Å². The quantitative estimate of drug-likeness (QED) is 0.619. The number of anilines is 2. The highest BCUT2D eigenvalue weighted by atomic mass is 32.1. The second-order valence-corrected chi connectivity index (χ2v) is 9.32. The van der Waals surface area contributed by atoms with E-state index in [1.54, 1.807) is 34.8 Å². The fourth-order valence-corrected chi connectivity index (χ4v) is 4.56. The van der Waals surface area contributed by atoms with E-state index < -0.39 is 0 Å². The topological polar surface area (TPSA) is 83.9 Å². The van der Waals surface area contributed by atoms with Crippen LogP contribution in [0.2, 0.25) is 0 Å². The van der Waals surface area contributed by atoms with E-state index in [4.69, 9.17) is 0 Å². The molecule has 1 fully saturated rings. The summed E-state index contributed by atoms with van der Waals surface area (Å²) in [7, 11) is 0. The molecule has 0 saturated carbocycles. The van der Waals surface area contributed by atoms with Gasteiger partial charge in [-0.3, -0.25) is 4.79 Å². The zero-order chi connectivity index (χ0) is 20.4. The Morgan fingerprint density at radius 2 is 2.14 bits per heavy atom. The summed E-state index contributed by atoms with van der Waals surface area (Å²) in [6.45, 7) is 7.25. The normalized spacial score (nSPS) is 16.7. The Hall–Kier alpha value is -2.65. The van der Waals surface area contributed by atoms with Crippen molar-refractivity contribution in [1.29, 1.82) is 0 Å². The highest BCUT2D eigenvalue weighted by Crippen LogP contribution is 2.29. The number of likely N-dealkylation sites (tertiary alicyclic amines) is 1. The molecule has 0 aromatic carbocycles. The third kappa shape index (κ3) is 4.86. The molecule has 150 valence electrons. The minimum absolute atomic E-state index is 0.0144. The van der Waals surface area contributed by atoms with Gasteiger partial charge in [0, 0.05) is 47.6 Å². The molecule has 1 aliphatic rings. The summed E-state index contributed by atoms with van der Waals surface area (Å²) in [5, 5.41) is 7.03. The number of aromatic nitrogens is 4. The molecule has 29 heavy (non-hydrogen) atoms. The second kappa shape index (κ2) is 8.38. The molecular weight excluding hydrogens is 404 g/mol. The molecule has 1 saturated heterocycles. The fourth-order valence-electron chi connectivity index (χ4n) is 3.31. The number of nitrogens with zero attached hydrogens (tertiary/aromatic N) is 5. The van der Waals surface area contributed by atoms with Crippen LogP contribution in [0.3, 0.4) is 0 Å². The molecule has 7 nitrogen and oxygen atoms in total. The maximum atomic E-state index is 12.5. The van der Waals surface area contributed by atoms with Crippen molar-refractivity contribution in [3.05, 3.63) is 50.8 Å². The van der Waals surface area contributed by atoms with Crippen LogP contribution in [0.4, 0.5) is 10.9 Å². The lowest BCUT2D eigenvalue weighted by Gasteiger charge is -2.15. The lowest BCUT2D eigenvalue weighted by molar-refractivity contribution is -0.124. The van der Waals surface area contributed by atoms with E-state index in [0.717, 1.165) is 45.2 Å². The van der Waals surface area contributed by atoms with Crippen molar-refractivity contribution in [2.24, 2.45) is 0 Å². The Bertz CT molecular complexity index is 1060. The monoisotopic (exact) mass is 426 g/mol. The van der Waals surface area contributed by atoms with Crippen LogP contribution in [-0.2, 0) is 4.79 Å². The Morgan fingerprint density at radius 1 is 1.28 bits per heavy atom. The average Bonchev–Trinajstić information content (AvgIpc) is 3.41. The van der Waals surface area contributed by atoms with Crippen LogP contribution in [-0.4, -0.2) is 43.8 Å². The van der Waals surface area contributed by atoms with Crippen LogP contribution in [0.25, 0.3) is 6.08 Å². The molecule has 0 unspecified atom stereocenters. The number of rotatable bonds is 5. The highest BCUT2D eigenvalue weighted by molar-refractivity contribution is 7.15.